The minimum absolute atomic E-state index is 0.214. The quantitative estimate of drug-likeness (QED) is 0.423. The fourth-order valence-electron chi connectivity index (χ4n) is 3.23. The summed E-state index contributed by atoms with van der Waals surface area (Å²) in [5.74, 6) is 1.19. The minimum Gasteiger partial charge on any atom is -0.497 e. The molecule has 0 radical (unpaired) electrons. The Bertz CT molecular complexity index is 1200. The molecular formula is C23H22N4O4. The van der Waals surface area contributed by atoms with E-state index in [0.29, 0.717) is 17.7 Å². The van der Waals surface area contributed by atoms with Gasteiger partial charge in [-0.05, 0) is 48.5 Å². The second kappa shape index (κ2) is 8.83. The standard InChI is InChI=1S/C23H22N4O4/c1-15(28)31-13-12-27-23-20(14-24-27)25-21(16-4-8-18(29-2)9-5-16)22(26-23)17-6-10-19(30-3)11-7-17/h4-11,14H,12-13H2,1-3H3. The van der Waals surface area contributed by atoms with E-state index in [-0.39, 0.29) is 12.6 Å². The van der Waals surface area contributed by atoms with Crippen molar-refractivity contribution in [1.29, 1.82) is 0 Å². The third kappa shape index (κ3) is 4.32. The van der Waals surface area contributed by atoms with Gasteiger partial charge in [-0.25, -0.2) is 14.6 Å². The van der Waals surface area contributed by atoms with Crippen LogP contribution in [0.15, 0.2) is 54.7 Å². The van der Waals surface area contributed by atoms with Crippen molar-refractivity contribution in [2.45, 2.75) is 13.5 Å². The number of rotatable bonds is 7. The van der Waals surface area contributed by atoms with Gasteiger partial charge in [0, 0.05) is 18.1 Å². The Morgan fingerprint density at radius 1 is 0.871 bits per heavy atom. The van der Waals surface area contributed by atoms with Gasteiger partial charge in [0.05, 0.1) is 38.3 Å². The number of hydrogen-bond donors (Lipinski definition) is 0. The van der Waals surface area contributed by atoms with Crippen molar-refractivity contribution in [3.63, 3.8) is 0 Å². The molecular weight excluding hydrogens is 396 g/mol. The lowest BCUT2D eigenvalue weighted by Crippen LogP contribution is -2.10. The predicted octanol–water partition coefficient (Wildman–Crippen LogP) is 3.74. The number of benzene rings is 2. The largest absolute Gasteiger partial charge is 0.497 e. The van der Waals surface area contributed by atoms with Crippen molar-refractivity contribution in [2.75, 3.05) is 20.8 Å². The summed E-state index contributed by atoms with van der Waals surface area (Å²) in [6, 6.07) is 15.3. The normalized spacial score (nSPS) is 10.8. The number of carbonyl (C=O) groups is 1. The highest BCUT2D eigenvalue weighted by atomic mass is 16.5. The van der Waals surface area contributed by atoms with Crippen molar-refractivity contribution in [3.8, 4) is 34.0 Å². The van der Waals surface area contributed by atoms with Crippen LogP contribution in [0.3, 0.4) is 0 Å². The fourth-order valence-corrected chi connectivity index (χ4v) is 3.23. The Morgan fingerprint density at radius 2 is 1.42 bits per heavy atom. The summed E-state index contributed by atoms with van der Waals surface area (Å²) in [6.07, 6.45) is 1.67. The van der Waals surface area contributed by atoms with Crippen LogP contribution in [0.25, 0.3) is 33.7 Å². The van der Waals surface area contributed by atoms with Gasteiger partial charge in [0.25, 0.3) is 0 Å². The summed E-state index contributed by atoms with van der Waals surface area (Å²) in [5.41, 5.74) is 4.54. The smallest absolute Gasteiger partial charge is 0.302 e. The van der Waals surface area contributed by atoms with Crippen LogP contribution in [0.5, 0.6) is 11.5 Å². The lowest BCUT2D eigenvalue weighted by molar-refractivity contribution is -0.141. The molecule has 31 heavy (non-hydrogen) atoms. The SMILES string of the molecule is COc1ccc(-c2nc3cnn(CCOC(C)=O)c3nc2-c2ccc(OC)cc2)cc1. The first-order chi connectivity index (χ1) is 15.1. The van der Waals surface area contributed by atoms with Gasteiger partial charge >= 0.3 is 5.97 Å². The van der Waals surface area contributed by atoms with Gasteiger partial charge in [0.2, 0.25) is 0 Å². The predicted molar refractivity (Wildman–Crippen MR) is 116 cm³/mol. The lowest BCUT2D eigenvalue weighted by Gasteiger charge is -2.11. The lowest BCUT2D eigenvalue weighted by atomic mass is 10.0. The molecule has 0 saturated heterocycles. The molecule has 0 aliphatic rings. The van der Waals surface area contributed by atoms with Crippen LogP contribution in [-0.2, 0) is 16.1 Å². The molecule has 4 aromatic rings. The van der Waals surface area contributed by atoms with Crippen LogP contribution in [0.2, 0.25) is 0 Å². The Hall–Kier alpha value is -3.94. The average Bonchev–Trinajstić information content (AvgIpc) is 3.20. The zero-order chi connectivity index (χ0) is 21.8. The van der Waals surface area contributed by atoms with Crippen LogP contribution in [0, 0.1) is 0 Å². The Balaban J connectivity index is 1.82. The maximum absolute atomic E-state index is 11.1. The number of aromatic nitrogens is 4. The molecule has 2 heterocycles. The third-order valence-electron chi connectivity index (χ3n) is 4.80. The second-order valence-electron chi connectivity index (χ2n) is 6.79. The molecule has 4 rings (SSSR count). The van der Waals surface area contributed by atoms with Gasteiger partial charge in [-0.3, -0.25) is 4.79 Å². The molecule has 8 heteroatoms. The Morgan fingerprint density at radius 3 is 1.94 bits per heavy atom. The molecule has 0 saturated carbocycles. The highest BCUT2D eigenvalue weighted by molar-refractivity contribution is 5.84. The zero-order valence-electron chi connectivity index (χ0n) is 17.5. The van der Waals surface area contributed by atoms with Gasteiger partial charge in [-0.1, -0.05) is 0 Å². The first-order valence-corrected chi connectivity index (χ1v) is 9.75. The molecule has 0 bridgehead atoms. The van der Waals surface area contributed by atoms with Crippen molar-refractivity contribution in [1.82, 2.24) is 19.7 Å². The van der Waals surface area contributed by atoms with E-state index in [1.54, 1.807) is 25.1 Å². The molecule has 0 spiro atoms. The van der Waals surface area contributed by atoms with Crippen LogP contribution in [-0.4, -0.2) is 46.5 Å². The maximum atomic E-state index is 11.1. The first-order valence-electron chi connectivity index (χ1n) is 9.75. The molecule has 2 aromatic heterocycles. The summed E-state index contributed by atoms with van der Waals surface area (Å²) in [5, 5.41) is 4.38. The highest BCUT2D eigenvalue weighted by Crippen LogP contribution is 2.32. The Kier molecular flexibility index (Phi) is 5.79. The summed E-state index contributed by atoms with van der Waals surface area (Å²) < 4.78 is 17.3. The van der Waals surface area contributed by atoms with E-state index in [2.05, 4.69) is 5.10 Å². The topological polar surface area (TPSA) is 88.4 Å². The monoisotopic (exact) mass is 418 g/mol. The first kappa shape index (κ1) is 20.3. The molecule has 0 unspecified atom stereocenters. The van der Waals surface area contributed by atoms with E-state index in [1.807, 2.05) is 48.5 Å². The molecule has 0 atom stereocenters. The third-order valence-corrected chi connectivity index (χ3v) is 4.80. The summed E-state index contributed by atoms with van der Waals surface area (Å²) in [4.78, 5) is 20.8. The molecule has 0 aliphatic heterocycles. The number of ether oxygens (including phenoxy) is 3. The molecule has 8 nitrogen and oxygen atoms in total. The number of methoxy groups -OCH3 is 2. The Labute approximate surface area is 179 Å². The van der Waals surface area contributed by atoms with Crippen LogP contribution in [0.1, 0.15) is 6.92 Å². The van der Waals surface area contributed by atoms with E-state index in [0.717, 1.165) is 34.0 Å². The molecule has 0 fully saturated rings. The van der Waals surface area contributed by atoms with Crippen LogP contribution >= 0.6 is 0 Å². The number of hydrogen-bond acceptors (Lipinski definition) is 7. The highest BCUT2D eigenvalue weighted by Gasteiger charge is 2.16. The number of carbonyl (C=O) groups excluding carboxylic acids is 1. The molecule has 158 valence electrons. The maximum Gasteiger partial charge on any atom is 0.302 e. The molecule has 0 amide bonds. The summed E-state index contributed by atoms with van der Waals surface area (Å²) in [6.45, 7) is 1.98. The van der Waals surface area contributed by atoms with E-state index < -0.39 is 0 Å². The molecule has 2 aromatic carbocycles. The van der Waals surface area contributed by atoms with E-state index in [4.69, 9.17) is 24.2 Å². The van der Waals surface area contributed by atoms with Crippen LogP contribution < -0.4 is 9.47 Å². The number of esters is 1. The molecule has 0 N–H and O–H groups in total. The van der Waals surface area contributed by atoms with E-state index in [9.17, 15) is 4.79 Å². The molecule has 0 aliphatic carbocycles. The van der Waals surface area contributed by atoms with Crippen molar-refractivity contribution in [3.05, 3.63) is 54.7 Å². The van der Waals surface area contributed by atoms with Gasteiger partial charge in [-0.2, -0.15) is 5.10 Å². The number of fused-ring (bicyclic) bond motifs is 1. The van der Waals surface area contributed by atoms with Crippen molar-refractivity contribution < 1.29 is 19.0 Å². The minimum atomic E-state index is -0.330. The summed E-state index contributed by atoms with van der Waals surface area (Å²) in [7, 11) is 3.26. The fraction of sp³-hybridized carbons (Fsp3) is 0.217. The van der Waals surface area contributed by atoms with E-state index >= 15 is 0 Å². The van der Waals surface area contributed by atoms with Gasteiger partial charge < -0.3 is 14.2 Å². The van der Waals surface area contributed by atoms with Gasteiger partial charge in [0.15, 0.2) is 5.65 Å². The van der Waals surface area contributed by atoms with Crippen molar-refractivity contribution in [2.24, 2.45) is 0 Å². The van der Waals surface area contributed by atoms with Crippen molar-refractivity contribution >= 4 is 17.1 Å². The van der Waals surface area contributed by atoms with Gasteiger partial charge in [-0.15, -0.1) is 0 Å². The average molecular weight is 418 g/mol. The van der Waals surface area contributed by atoms with E-state index in [1.165, 1.54) is 6.92 Å². The summed E-state index contributed by atoms with van der Waals surface area (Å²) >= 11 is 0. The number of nitrogens with zero attached hydrogens (tertiary/aromatic N) is 4. The van der Waals surface area contributed by atoms with Crippen LogP contribution in [0.4, 0.5) is 0 Å². The zero-order valence-corrected chi connectivity index (χ0v) is 17.5. The second-order valence-corrected chi connectivity index (χ2v) is 6.79. The van der Waals surface area contributed by atoms with Gasteiger partial charge in [0.1, 0.15) is 23.6 Å².